The number of benzene rings is 2. The summed E-state index contributed by atoms with van der Waals surface area (Å²) in [5.74, 6) is 0.181. The highest BCUT2D eigenvalue weighted by molar-refractivity contribution is 7.17. The number of amides is 2. The molecule has 7 nitrogen and oxygen atoms in total. The summed E-state index contributed by atoms with van der Waals surface area (Å²) < 4.78 is 11.4. The van der Waals surface area contributed by atoms with Gasteiger partial charge in [0.1, 0.15) is 15.6 Å². The summed E-state index contributed by atoms with van der Waals surface area (Å²) in [6, 6.07) is 14.7. The van der Waals surface area contributed by atoms with E-state index in [2.05, 4.69) is 4.98 Å². The number of morpholine rings is 1. The maximum absolute atomic E-state index is 13.7. The molecule has 2 aliphatic rings. The van der Waals surface area contributed by atoms with Crippen LogP contribution in [0, 0.1) is 6.92 Å². The monoisotopic (exact) mass is 483 g/mol. The molecule has 0 N–H and O–H groups in total. The summed E-state index contributed by atoms with van der Waals surface area (Å²) in [5.41, 5.74) is 2.14. The summed E-state index contributed by atoms with van der Waals surface area (Å²) in [7, 11) is 0. The van der Waals surface area contributed by atoms with E-state index in [0.29, 0.717) is 53.3 Å². The minimum absolute atomic E-state index is 0.133. The average Bonchev–Trinajstić information content (AvgIpc) is 3.24. The van der Waals surface area contributed by atoms with Crippen LogP contribution < -0.4 is 9.64 Å². The third kappa shape index (κ3) is 4.34. The fraction of sp³-hybridized carbons (Fsp3) is 0.292. The molecule has 1 aromatic heterocycles. The van der Waals surface area contributed by atoms with Gasteiger partial charge in [0, 0.05) is 23.7 Å². The third-order valence-corrected chi connectivity index (χ3v) is 7.11. The maximum Gasteiger partial charge on any atom is 0.270 e. The Kier molecular flexibility index (Phi) is 6.05. The summed E-state index contributed by atoms with van der Waals surface area (Å²) in [5, 5.41) is 1.33. The van der Waals surface area contributed by atoms with Crippen molar-refractivity contribution in [3.63, 3.8) is 0 Å². The summed E-state index contributed by atoms with van der Waals surface area (Å²) in [6.07, 6.45) is -0.775. The van der Waals surface area contributed by atoms with Crippen LogP contribution in [0.4, 0.5) is 5.69 Å². The quantitative estimate of drug-likeness (QED) is 0.562. The predicted molar refractivity (Wildman–Crippen MR) is 127 cm³/mol. The Balaban J connectivity index is 1.46. The first-order valence-electron chi connectivity index (χ1n) is 10.7. The highest BCUT2D eigenvalue weighted by Gasteiger charge is 2.37. The molecule has 2 amide bonds. The zero-order valence-electron chi connectivity index (χ0n) is 18.0. The molecule has 0 radical (unpaired) electrons. The Labute approximate surface area is 200 Å². The molecule has 1 saturated heterocycles. The van der Waals surface area contributed by atoms with Gasteiger partial charge in [-0.25, -0.2) is 4.98 Å². The highest BCUT2D eigenvalue weighted by atomic mass is 35.5. The fourth-order valence-electron chi connectivity index (χ4n) is 4.01. The molecule has 3 heterocycles. The van der Waals surface area contributed by atoms with Crippen LogP contribution in [-0.2, 0) is 9.53 Å². The number of rotatable bonds is 3. The van der Waals surface area contributed by atoms with Gasteiger partial charge in [-0.15, -0.1) is 11.3 Å². The van der Waals surface area contributed by atoms with Crippen LogP contribution in [0.3, 0.4) is 0 Å². The summed E-state index contributed by atoms with van der Waals surface area (Å²) >= 11 is 7.46. The van der Waals surface area contributed by atoms with Crippen LogP contribution in [0.1, 0.15) is 15.4 Å². The van der Waals surface area contributed by atoms with Gasteiger partial charge in [-0.3, -0.25) is 14.5 Å². The van der Waals surface area contributed by atoms with E-state index >= 15 is 0 Å². The molecule has 2 aliphatic heterocycles. The van der Waals surface area contributed by atoms with E-state index in [4.69, 9.17) is 21.1 Å². The number of para-hydroxylation sites is 2. The Morgan fingerprint density at radius 2 is 1.91 bits per heavy atom. The van der Waals surface area contributed by atoms with Gasteiger partial charge in [-0.05, 0) is 31.2 Å². The van der Waals surface area contributed by atoms with Crippen LogP contribution in [-0.4, -0.2) is 60.7 Å². The second kappa shape index (κ2) is 9.13. The van der Waals surface area contributed by atoms with Crippen LogP contribution >= 0.6 is 22.9 Å². The zero-order chi connectivity index (χ0) is 22.9. The summed E-state index contributed by atoms with van der Waals surface area (Å²) in [6.45, 7) is 4.00. The lowest BCUT2D eigenvalue weighted by molar-refractivity contribution is -0.142. The molecule has 0 spiro atoms. The fourth-order valence-corrected chi connectivity index (χ4v) is 5.21. The molecule has 3 aromatic rings. The molecule has 9 heteroatoms. The van der Waals surface area contributed by atoms with Crippen molar-refractivity contribution in [2.45, 2.75) is 13.0 Å². The molecule has 1 unspecified atom stereocenters. The van der Waals surface area contributed by atoms with Crippen molar-refractivity contribution in [2.24, 2.45) is 0 Å². The number of anilines is 1. The largest absolute Gasteiger partial charge is 0.476 e. The average molecular weight is 484 g/mol. The highest BCUT2D eigenvalue weighted by Crippen LogP contribution is 2.37. The number of hydrogen-bond acceptors (Lipinski definition) is 6. The van der Waals surface area contributed by atoms with Crippen molar-refractivity contribution in [3.05, 3.63) is 64.1 Å². The summed E-state index contributed by atoms with van der Waals surface area (Å²) in [4.78, 5) is 35.4. The zero-order valence-corrected chi connectivity index (χ0v) is 19.6. The number of ether oxygens (including phenoxy) is 2. The molecule has 170 valence electrons. The molecular formula is C24H22ClN3O4S. The van der Waals surface area contributed by atoms with Crippen molar-refractivity contribution < 1.29 is 19.1 Å². The molecule has 1 fully saturated rings. The predicted octanol–water partition coefficient (Wildman–Crippen LogP) is 4.04. The van der Waals surface area contributed by atoms with Crippen molar-refractivity contribution in [1.29, 1.82) is 0 Å². The van der Waals surface area contributed by atoms with E-state index in [1.54, 1.807) is 21.9 Å². The smallest absolute Gasteiger partial charge is 0.270 e. The van der Waals surface area contributed by atoms with Crippen molar-refractivity contribution >= 4 is 40.4 Å². The van der Waals surface area contributed by atoms with E-state index < -0.39 is 6.10 Å². The SMILES string of the molecule is Cc1nc(-c2cccc(Cl)c2)sc1C(=O)N1CC(C(=O)N2CCOCC2)Oc2ccccc21. The van der Waals surface area contributed by atoms with Gasteiger partial charge < -0.3 is 14.4 Å². The number of halogens is 1. The maximum atomic E-state index is 13.7. The standard InChI is InChI=1S/C24H22ClN3O4S/c1-15-21(33-22(26-15)16-5-4-6-17(25)13-16)24(30)28-14-20(23(29)27-9-11-31-12-10-27)32-19-8-3-2-7-18(19)28/h2-8,13,20H,9-12,14H2,1H3. The lowest BCUT2D eigenvalue weighted by Crippen LogP contribution is -2.54. The number of aromatic nitrogens is 1. The van der Waals surface area contributed by atoms with Gasteiger partial charge >= 0.3 is 0 Å². The topological polar surface area (TPSA) is 72.0 Å². The number of fused-ring (bicyclic) bond motifs is 1. The van der Waals surface area contributed by atoms with Crippen molar-refractivity contribution in [2.75, 3.05) is 37.7 Å². The van der Waals surface area contributed by atoms with Gasteiger partial charge in [0.05, 0.1) is 31.1 Å². The second-order valence-electron chi connectivity index (χ2n) is 7.87. The molecule has 1 atom stereocenters. The van der Waals surface area contributed by atoms with Crippen LogP contribution in [0.25, 0.3) is 10.6 Å². The Morgan fingerprint density at radius 1 is 1.12 bits per heavy atom. The van der Waals surface area contributed by atoms with E-state index in [1.807, 2.05) is 43.3 Å². The second-order valence-corrected chi connectivity index (χ2v) is 9.31. The van der Waals surface area contributed by atoms with E-state index in [1.165, 1.54) is 11.3 Å². The molecule has 33 heavy (non-hydrogen) atoms. The molecular weight excluding hydrogens is 462 g/mol. The number of nitrogens with zero attached hydrogens (tertiary/aromatic N) is 3. The van der Waals surface area contributed by atoms with E-state index in [-0.39, 0.29) is 18.4 Å². The van der Waals surface area contributed by atoms with Gasteiger partial charge in [-0.1, -0.05) is 35.9 Å². The number of carbonyl (C=O) groups is 2. The minimum Gasteiger partial charge on any atom is -0.476 e. The van der Waals surface area contributed by atoms with Crippen molar-refractivity contribution in [1.82, 2.24) is 9.88 Å². The number of hydrogen-bond donors (Lipinski definition) is 0. The first kappa shape index (κ1) is 21.9. The van der Waals surface area contributed by atoms with Gasteiger partial charge in [0.15, 0.2) is 6.10 Å². The Hall–Kier alpha value is -2.94. The lowest BCUT2D eigenvalue weighted by Gasteiger charge is -2.37. The lowest BCUT2D eigenvalue weighted by atomic mass is 10.1. The van der Waals surface area contributed by atoms with Crippen LogP contribution in [0.15, 0.2) is 48.5 Å². The molecule has 5 rings (SSSR count). The van der Waals surface area contributed by atoms with Crippen LogP contribution in [0.5, 0.6) is 5.75 Å². The number of aryl methyl sites for hydroxylation is 1. The van der Waals surface area contributed by atoms with Crippen LogP contribution in [0.2, 0.25) is 5.02 Å². The normalized spacial score (nSPS) is 17.9. The van der Waals surface area contributed by atoms with Gasteiger partial charge in [0.25, 0.3) is 11.8 Å². The van der Waals surface area contributed by atoms with Gasteiger partial charge in [-0.2, -0.15) is 0 Å². The number of carbonyl (C=O) groups excluding carboxylic acids is 2. The van der Waals surface area contributed by atoms with E-state index in [0.717, 1.165) is 10.6 Å². The third-order valence-electron chi connectivity index (χ3n) is 5.68. The molecule has 0 saturated carbocycles. The molecule has 2 aromatic carbocycles. The minimum atomic E-state index is -0.775. The molecule has 0 aliphatic carbocycles. The first-order valence-corrected chi connectivity index (χ1v) is 11.9. The van der Waals surface area contributed by atoms with Gasteiger partial charge in [0.2, 0.25) is 0 Å². The first-order chi connectivity index (χ1) is 16.0. The van der Waals surface area contributed by atoms with E-state index in [9.17, 15) is 9.59 Å². The molecule has 0 bridgehead atoms. The Bertz CT molecular complexity index is 1210. The Morgan fingerprint density at radius 3 is 2.70 bits per heavy atom. The van der Waals surface area contributed by atoms with Crippen molar-refractivity contribution in [3.8, 4) is 16.3 Å². The number of thiazole rings is 1.